The number of H-pyrrole nitrogens is 2. The molecule has 6 heterocycles. The van der Waals surface area contributed by atoms with Crippen molar-refractivity contribution in [2.75, 3.05) is 13.1 Å². The summed E-state index contributed by atoms with van der Waals surface area (Å²) in [6, 6.07) is 12.3. The molecular formula is C32H30N8O. The summed E-state index contributed by atoms with van der Waals surface area (Å²) in [5.74, 6) is 0.490. The second-order valence-corrected chi connectivity index (χ2v) is 10.5. The Morgan fingerprint density at radius 2 is 1.83 bits per heavy atom. The third-order valence-corrected chi connectivity index (χ3v) is 7.81. The van der Waals surface area contributed by atoms with Crippen molar-refractivity contribution in [3.63, 3.8) is 0 Å². The molecule has 0 bridgehead atoms. The van der Waals surface area contributed by atoms with Crippen LogP contribution in [0.15, 0.2) is 91.4 Å². The fraction of sp³-hybridized carbons (Fsp3) is 0.188. The number of nitrogens with zero attached hydrogens (tertiary/aromatic N) is 3. The second kappa shape index (κ2) is 10.9. The number of carbonyl (C=O) groups is 1. The molecular weight excluding hydrogens is 512 g/mol. The average Bonchev–Trinajstić information content (AvgIpc) is 3.56. The number of hydrogen-bond acceptors (Lipinski definition) is 6. The van der Waals surface area contributed by atoms with Crippen molar-refractivity contribution < 1.29 is 4.79 Å². The Morgan fingerprint density at radius 3 is 2.71 bits per heavy atom. The number of piperidine rings is 1. The fourth-order valence-electron chi connectivity index (χ4n) is 5.68. The minimum Gasteiger partial charge on any atom is -0.367 e. The van der Waals surface area contributed by atoms with Gasteiger partial charge in [-0.25, -0.2) is 0 Å². The van der Waals surface area contributed by atoms with E-state index >= 15 is 0 Å². The number of carbonyl (C=O) groups excluding carboxylic acids is 1. The molecule has 41 heavy (non-hydrogen) atoms. The van der Waals surface area contributed by atoms with Gasteiger partial charge in [0.25, 0.3) is 0 Å². The van der Waals surface area contributed by atoms with Crippen LogP contribution in [-0.4, -0.2) is 44.1 Å². The van der Waals surface area contributed by atoms with Crippen LogP contribution in [-0.2, 0) is 4.79 Å². The first-order valence-corrected chi connectivity index (χ1v) is 13.9. The van der Waals surface area contributed by atoms with Crippen LogP contribution in [0.25, 0.3) is 49.9 Å². The Balaban J connectivity index is 1.19. The molecule has 1 saturated heterocycles. The largest absolute Gasteiger partial charge is 0.367 e. The molecule has 1 fully saturated rings. The molecule has 5 aromatic rings. The van der Waals surface area contributed by atoms with Gasteiger partial charge in [-0.1, -0.05) is 6.07 Å². The van der Waals surface area contributed by atoms with Gasteiger partial charge >= 0.3 is 0 Å². The maximum atomic E-state index is 12.8. The molecule has 204 valence electrons. The molecule has 0 saturated carbocycles. The first-order chi connectivity index (χ1) is 20.2. The average molecular weight is 543 g/mol. The summed E-state index contributed by atoms with van der Waals surface area (Å²) >= 11 is 0. The molecule has 4 aromatic heterocycles. The number of allylic oxidation sites excluding steroid dienone is 3. The van der Waals surface area contributed by atoms with E-state index in [2.05, 4.69) is 59.3 Å². The van der Waals surface area contributed by atoms with Crippen molar-refractivity contribution in [3.05, 3.63) is 97.0 Å². The topological polar surface area (TPSA) is 123 Å². The van der Waals surface area contributed by atoms with Crippen LogP contribution in [0.5, 0.6) is 0 Å². The van der Waals surface area contributed by atoms with E-state index in [1.807, 2.05) is 55.1 Å². The SMILES string of the molecule is O=C(CC1CCNCC1)NC1=CC(c2ccc3[nH]nc(-c4cc5c(-c6ccncc6)cncc5[nH]4)c3c2)=CNC=C1. The van der Waals surface area contributed by atoms with Gasteiger partial charge in [0.05, 0.1) is 22.9 Å². The maximum Gasteiger partial charge on any atom is 0.224 e. The van der Waals surface area contributed by atoms with Crippen LogP contribution in [0.4, 0.5) is 0 Å². The number of hydrogen-bond donors (Lipinski definition) is 5. The molecule has 0 aliphatic carbocycles. The van der Waals surface area contributed by atoms with Gasteiger partial charge in [-0.05, 0) is 91.0 Å². The molecule has 2 aliphatic heterocycles. The summed E-state index contributed by atoms with van der Waals surface area (Å²) in [6.45, 7) is 1.97. The molecule has 2 aliphatic rings. The summed E-state index contributed by atoms with van der Waals surface area (Å²) in [6.07, 6.45) is 17.6. The monoisotopic (exact) mass is 542 g/mol. The van der Waals surface area contributed by atoms with E-state index in [1.165, 1.54) is 0 Å². The lowest BCUT2D eigenvalue weighted by atomic mass is 9.94. The number of benzene rings is 1. The number of rotatable bonds is 6. The van der Waals surface area contributed by atoms with Crippen molar-refractivity contribution in [1.82, 2.24) is 41.1 Å². The summed E-state index contributed by atoms with van der Waals surface area (Å²) < 4.78 is 0. The van der Waals surface area contributed by atoms with Gasteiger partial charge < -0.3 is 20.9 Å². The van der Waals surface area contributed by atoms with Crippen molar-refractivity contribution >= 4 is 33.3 Å². The molecule has 9 nitrogen and oxygen atoms in total. The van der Waals surface area contributed by atoms with Crippen LogP contribution in [0.3, 0.4) is 0 Å². The van der Waals surface area contributed by atoms with Crippen LogP contribution < -0.4 is 16.0 Å². The van der Waals surface area contributed by atoms with Gasteiger partial charge in [0.1, 0.15) is 5.69 Å². The van der Waals surface area contributed by atoms with Gasteiger partial charge in [0.15, 0.2) is 0 Å². The standard InChI is InChI=1S/C32H30N8O/c41-31(13-20-3-8-33-9-4-20)37-24-7-12-35-17-23(14-24)22-1-2-28-26(15-22)32(40-39-28)29-16-25-27(18-36-19-30(25)38-29)21-5-10-34-11-6-21/h1-2,5-7,10-12,14-20,33,35,38H,3-4,8-9,13H2,(H,37,41)(H,39,40). The first kappa shape index (κ1) is 25.0. The maximum absolute atomic E-state index is 12.8. The highest BCUT2D eigenvalue weighted by atomic mass is 16.1. The minimum absolute atomic E-state index is 0.0565. The van der Waals surface area contributed by atoms with E-state index in [-0.39, 0.29) is 5.91 Å². The lowest BCUT2D eigenvalue weighted by Crippen LogP contribution is -2.31. The fourth-order valence-corrected chi connectivity index (χ4v) is 5.68. The molecule has 5 N–H and O–H groups in total. The molecule has 1 aromatic carbocycles. The molecule has 0 spiro atoms. The zero-order chi connectivity index (χ0) is 27.6. The number of aromatic amines is 2. The first-order valence-electron chi connectivity index (χ1n) is 13.9. The Kier molecular flexibility index (Phi) is 6.62. The van der Waals surface area contributed by atoms with E-state index in [0.717, 1.165) is 87.1 Å². The van der Waals surface area contributed by atoms with Crippen LogP contribution in [0.2, 0.25) is 0 Å². The summed E-state index contributed by atoms with van der Waals surface area (Å²) in [5.41, 5.74) is 8.45. The molecule has 1 amide bonds. The Hall–Kier alpha value is -5.02. The van der Waals surface area contributed by atoms with E-state index in [0.29, 0.717) is 12.3 Å². The number of pyridine rings is 2. The number of aromatic nitrogens is 5. The Bertz CT molecular complexity index is 1820. The van der Waals surface area contributed by atoms with Crippen LogP contribution >= 0.6 is 0 Å². The third kappa shape index (κ3) is 5.15. The quantitative estimate of drug-likeness (QED) is 0.205. The molecule has 0 radical (unpaired) electrons. The number of fused-ring (bicyclic) bond motifs is 2. The molecule has 9 heteroatoms. The van der Waals surface area contributed by atoms with Crippen LogP contribution in [0.1, 0.15) is 24.8 Å². The highest BCUT2D eigenvalue weighted by Crippen LogP contribution is 2.34. The van der Waals surface area contributed by atoms with E-state index in [4.69, 9.17) is 0 Å². The number of amides is 1. The smallest absolute Gasteiger partial charge is 0.224 e. The zero-order valence-electron chi connectivity index (χ0n) is 22.4. The highest BCUT2D eigenvalue weighted by Gasteiger charge is 2.18. The number of nitrogens with one attached hydrogen (secondary N) is 5. The summed E-state index contributed by atoms with van der Waals surface area (Å²) in [4.78, 5) is 24.9. The van der Waals surface area contributed by atoms with Crippen molar-refractivity contribution in [2.24, 2.45) is 5.92 Å². The van der Waals surface area contributed by atoms with Crippen molar-refractivity contribution in [1.29, 1.82) is 0 Å². The minimum atomic E-state index is 0.0565. The third-order valence-electron chi connectivity index (χ3n) is 7.81. The van der Waals surface area contributed by atoms with E-state index in [9.17, 15) is 4.79 Å². The predicted molar refractivity (Wildman–Crippen MR) is 161 cm³/mol. The van der Waals surface area contributed by atoms with Crippen LogP contribution in [0, 0.1) is 5.92 Å². The van der Waals surface area contributed by atoms with Crippen molar-refractivity contribution in [3.8, 4) is 22.5 Å². The summed E-state index contributed by atoms with van der Waals surface area (Å²) in [5, 5.41) is 19.6. The second-order valence-electron chi connectivity index (χ2n) is 10.5. The van der Waals surface area contributed by atoms with Gasteiger partial charge in [-0.15, -0.1) is 0 Å². The van der Waals surface area contributed by atoms with Gasteiger partial charge in [-0.2, -0.15) is 5.10 Å². The predicted octanol–water partition coefficient (Wildman–Crippen LogP) is 5.02. The molecule has 0 unspecified atom stereocenters. The van der Waals surface area contributed by atoms with Gasteiger partial charge in [0.2, 0.25) is 5.91 Å². The zero-order valence-corrected chi connectivity index (χ0v) is 22.4. The lowest BCUT2D eigenvalue weighted by Gasteiger charge is -2.22. The summed E-state index contributed by atoms with van der Waals surface area (Å²) in [7, 11) is 0. The normalized spacial score (nSPS) is 15.8. The molecule has 0 atom stereocenters. The van der Waals surface area contributed by atoms with E-state index < -0.39 is 0 Å². The molecule has 7 rings (SSSR count). The van der Waals surface area contributed by atoms with Gasteiger partial charge in [0, 0.05) is 59.4 Å². The van der Waals surface area contributed by atoms with E-state index in [1.54, 1.807) is 12.4 Å². The highest BCUT2D eigenvalue weighted by molar-refractivity contribution is 6.01. The van der Waals surface area contributed by atoms with Gasteiger partial charge in [-0.3, -0.25) is 19.9 Å². The Labute approximate surface area is 236 Å². The van der Waals surface area contributed by atoms with Crippen molar-refractivity contribution in [2.45, 2.75) is 19.3 Å². The lowest BCUT2D eigenvalue weighted by molar-refractivity contribution is -0.121. The Morgan fingerprint density at radius 1 is 0.951 bits per heavy atom.